The van der Waals surface area contributed by atoms with Crippen LogP contribution in [0, 0.1) is 0 Å². The molecular weight excluding hydrogens is 218 g/mol. The Morgan fingerprint density at radius 2 is 2.25 bits per heavy atom. The molecule has 0 bridgehead atoms. The lowest BCUT2D eigenvalue weighted by molar-refractivity contribution is 0.658. The molecule has 3 N–H and O–H groups in total. The second kappa shape index (κ2) is 4.80. The molecule has 0 saturated heterocycles. The average Bonchev–Trinajstić information content (AvgIpc) is 2.95. The number of aryl methyl sites for hydroxylation is 1. The first-order chi connectivity index (χ1) is 7.74. The van der Waals surface area contributed by atoms with Crippen molar-refractivity contribution in [3.05, 3.63) is 29.0 Å². The maximum atomic E-state index is 5.93. The highest BCUT2D eigenvalue weighted by Gasteiger charge is 2.10. The summed E-state index contributed by atoms with van der Waals surface area (Å²) in [6.45, 7) is 4.23. The molecule has 0 amide bonds. The smallest absolute Gasteiger partial charge is 0.123 e. The molecular formula is C12H17N3S. The first-order valence-corrected chi connectivity index (χ1v) is 6.45. The van der Waals surface area contributed by atoms with Crippen LogP contribution in [0.15, 0.2) is 18.3 Å². The maximum Gasteiger partial charge on any atom is 0.123 e. The summed E-state index contributed by atoms with van der Waals surface area (Å²) in [6, 6.07) is 4.32. The van der Waals surface area contributed by atoms with Crippen LogP contribution in [0.2, 0.25) is 0 Å². The quantitative estimate of drug-likeness (QED) is 0.855. The van der Waals surface area contributed by atoms with Gasteiger partial charge >= 0.3 is 0 Å². The van der Waals surface area contributed by atoms with Gasteiger partial charge in [0.25, 0.3) is 0 Å². The number of aromatic nitrogens is 2. The molecule has 3 nitrogen and oxygen atoms in total. The SMILES string of the molecule is CCc1ccc(-c2cnc(C(N)CC)[nH]2)s1. The Morgan fingerprint density at radius 1 is 1.44 bits per heavy atom. The van der Waals surface area contributed by atoms with E-state index in [1.54, 1.807) is 11.3 Å². The molecule has 0 saturated carbocycles. The monoisotopic (exact) mass is 235 g/mol. The van der Waals surface area contributed by atoms with Crippen molar-refractivity contribution in [1.29, 1.82) is 0 Å². The molecule has 4 heteroatoms. The zero-order chi connectivity index (χ0) is 11.5. The van der Waals surface area contributed by atoms with E-state index in [-0.39, 0.29) is 6.04 Å². The lowest BCUT2D eigenvalue weighted by atomic mass is 10.2. The van der Waals surface area contributed by atoms with Gasteiger partial charge < -0.3 is 10.7 Å². The molecule has 16 heavy (non-hydrogen) atoms. The Kier molecular flexibility index (Phi) is 3.41. The Labute approximate surface area is 99.7 Å². The van der Waals surface area contributed by atoms with Gasteiger partial charge in [-0.05, 0) is 25.0 Å². The summed E-state index contributed by atoms with van der Waals surface area (Å²) in [5.41, 5.74) is 7.00. The number of hydrogen-bond acceptors (Lipinski definition) is 3. The zero-order valence-electron chi connectivity index (χ0n) is 9.66. The standard InChI is InChI=1S/C12H17N3S/c1-3-8-5-6-11(16-8)10-7-14-12(15-10)9(13)4-2/h5-7,9H,3-4,13H2,1-2H3,(H,14,15). The van der Waals surface area contributed by atoms with Crippen molar-refractivity contribution >= 4 is 11.3 Å². The predicted molar refractivity (Wildman–Crippen MR) is 68.5 cm³/mol. The van der Waals surface area contributed by atoms with Gasteiger partial charge in [-0.15, -0.1) is 11.3 Å². The van der Waals surface area contributed by atoms with Crippen LogP contribution in [0.4, 0.5) is 0 Å². The van der Waals surface area contributed by atoms with E-state index in [0.717, 1.165) is 24.4 Å². The number of thiophene rings is 1. The molecule has 0 aromatic carbocycles. The highest BCUT2D eigenvalue weighted by molar-refractivity contribution is 7.15. The van der Waals surface area contributed by atoms with Crippen LogP contribution in [0.3, 0.4) is 0 Å². The molecule has 2 rings (SSSR count). The normalized spacial score (nSPS) is 12.9. The number of rotatable bonds is 4. The minimum atomic E-state index is 0.0133. The minimum absolute atomic E-state index is 0.0133. The molecule has 0 aliphatic rings. The van der Waals surface area contributed by atoms with Gasteiger partial charge in [0, 0.05) is 4.88 Å². The fourth-order valence-corrected chi connectivity index (χ4v) is 2.47. The fourth-order valence-electron chi connectivity index (χ4n) is 1.56. The van der Waals surface area contributed by atoms with Crippen LogP contribution >= 0.6 is 11.3 Å². The van der Waals surface area contributed by atoms with Crippen molar-refractivity contribution in [2.45, 2.75) is 32.7 Å². The molecule has 0 fully saturated rings. The number of nitrogens with two attached hydrogens (primary N) is 1. The predicted octanol–water partition coefficient (Wildman–Crippen LogP) is 3.11. The Bertz CT molecular complexity index is 458. The van der Waals surface area contributed by atoms with Crippen LogP contribution in [0.5, 0.6) is 0 Å². The van der Waals surface area contributed by atoms with Crippen molar-refractivity contribution in [3.63, 3.8) is 0 Å². The zero-order valence-corrected chi connectivity index (χ0v) is 10.5. The fraction of sp³-hybridized carbons (Fsp3) is 0.417. The Hall–Kier alpha value is -1.13. The molecule has 1 unspecified atom stereocenters. The van der Waals surface area contributed by atoms with E-state index in [1.165, 1.54) is 9.75 Å². The number of nitrogens with zero attached hydrogens (tertiary/aromatic N) is 1. The summed E-state index contributed by atoms with van der Waals surface area (Å²) < 4.78 is 0. The van der Waals surface area contributed by atoms with Gasteiger partial charge in [0.05, 0.1) is 22.8 Å². The van der Waals surface area contributed by atoms with Crippen LogP contribution in [-0.4, -0.2) is 9.97 Å². The van der Waals surface area contributed by atoms with E-state index in [0.29, 0.717) is 0 Å². The maximum absolute atomic E-state index is 5.93. The summed E-state index contributed by atoms with van der Waals surface area (Å²) in [6.07, 6.45) is 3.86. The molecule has 2 heterocycles. The summed E-state index contributed by atoms with van der Waals surface area (Å²) >= 11 is 1.81. The summed E-state index contributed by atoms with van der Waals surface area (Å²) in [4.78, 5) is 10.2. The number of nitrogens with one attached hydrogen (secondary N) is 1. The Morgan fingerprint density at radius 3 is 2.88 bits per heavy atom. The first kappa shape index (κ1) is 11.4. The third-order valence-corrected chi connectivity index (χ3v) is 3.92. The summed E-state index contributed by atoms with van der Waals surface area (Å²) in [7, 11) is 0. The molecule has 1 atom stereocenters. The van der Waals surface area contributed by atoms with E-state index in [4.69, 9.17) is 5.73 Å². The van der Waals surface area contributed by atoms with Gasteiger partial charge in [-0.1, -0.05) is 13.8 Å². The van der Waals surface area contributed by atoms with E-state index >= 15 is 0 Å². The molecule has 0 aliphatic heterocycles. The number of H-pyrrole nitrogens is 1. The number of imidazole rings is 1. The topological polar surface area (TPSA) is 54.7 Å². The second-order valence-corrected chi connectivity index (χ2v) is 4.98. The van der Waals surface area contributed by atoms with Crippen molar-refractivity contribution in [3.8, 4) is 10.6 Å². The van der Waals surface area contributed by atoms with Crippen molar-refractivity contribution in [2.24, 2.45) is 5.73 Å². The first-order valence-electron chi connectivity index (χ1n) is 5.64. The highest BCUT2D eigenvalue weighted by atomic mass is 32.1. The van der Waals surface area contributed by atoms with Crippen LogP contribution in [-0.2, 0) is 6.42 Å². The minimum Gasteiger partial charge on any atom is -0.340 e. The van der Waals surface area contributed by atoms with Crippen molar-refractivity contribution in [1.82, 2.24) is 9.97 Å². The molecule has 0 spiro atoms. The molecule has 86 valence electrons. The van der Waals surface area contributed by atoms with Gasteiger partial charge in [-0.2, -0.15) is 0 Å². The number of aromatic amines is 1. The van der Waals surface area contributed by atoms with Crippen LogP contribution in [0.25, 0.3) is 10.6 Å². The summed E-state index contributed by atoms with van der Waals surface area (Å²) in [5, 5.41) is 0. The second-order valence-electron chi connectivity index (χ2n) is 3.82. The average molecular weight is 235 g/mol. The summed E-state index contributed by atoms with van der Waals surface area (Å²) in [5.74, 6) is 0.879. The van der Waals surface area contributed by atoms with Gasteiger partial charge in [0.15, 0.2) is 0 Å². The van der Waals surface area contributed by atoms with Gasteiger partial charge in [0.1, 0.15) is 5.82 Å². The van der Waals surface area contributed by atoms with E-state index in [2.05, 4.69) is 35.9 Å². The highest BCUT2D eigenvalue weighted by Crippen LogP contribution is 2.27. The molecule has 2 aromatic rings. The van der Waals surface area contributed by atoms with Crippen LogP contribution < -0.4 is 5.73 Å². The van der Waals surface area contributed by atoms with Gasteiger partial charge in [-0.3, -0.25) is 0 Å². The van der Waals surface area contributed by atoms with Gasteiger partial charge in [0.2, 0.25) is 0 Å². The van der Waals surface area contributed by atoms with Crippen molar-refractivity contribution in [2.75, 3.05) is 0 Å². The largest absolute Gasteiger partial charge is 0.340 e. The Balaban J connectivity index is 2.24. The van der Waals surface area contributed by atoms with Gasteiger partial charge in [-0.25, -0.2) is 4.98 Å². The third kappa shape index (κ3) is 2.18. The lowest BCUT2D eigenvalue weighted by Crippen LogP contribution is -2.10. The molecule has 0 aliphatic carbocycles. The number of hydrogen-bond donors (Lipinski definition) is 2. The van der Waals surface area contributed by atoms with Crippen molar-refractivity contribution < 1.29 is 0 Å². The van der Waals surface area contributed by atoms with E-state index < -0.39 is 0 Å². The van der Waals surface area contributed by atoms with Crippen LogP contribution in [0.1, 0.15) is 37.0 Å². The molecule has 0 radical (unpaired) electrons. The van der Waals surface area contributed by atoms with E-state index in [1.807, 2.05) is 6.20 Å². The lowest BCUT2D eigenvalue weighted by Gasteiger charge is -2.02. The third-order valence-electron chi connectivity index (χ3n) is 2.66. The molecule has 2 aromatic heterocycles. The van der Waals surface area contributed by atoms with E-state index in [9.17, 15) is 0 Å².